The van der Waals surface area contributed by atoms with Gasteiger partial charge in [-0.1, -0.05) is 0 Å². The topological polar surface area (TPSA) is 93.6 Å². The quantitative estimate of drug-likeness (QED) is 0.543. The lowest BCUT2D eigenvalue weighted by Crippen LogP contribution is -2.24. The first-order valence-electron chi connectivity index (χ1n) is 5.19. The molecule has 1 heterocycles. The van der Waals surface area contributed by atoms with Crippen molar-refractivity contribution in [2.24, 2.45) is 0 Å². The van der Waals surface area contributed by atoms with Gasteiger partial charge >= 0.3 is 5.97 Å². The number of hydrogen-bond donors (Lipinski definition) is 2. The summed E-state index contributed by atoms with van der Waals surface area (Å²) in [5, 5.41) is 11.5. The lowest BCUT2D eigenvalue weighted by atomic mass is 10.3. The Morgan fingerprint density at radius 3 is 2.72 bits per heavy atom. The van der Waals surface area contributed by atoms with Gasteiger partial charge in [0.25, 0.3) is 0 Å². The molecule has 18 heavy (non-hydrogen) atoms. The number of methoxy groups -OCH3 is 2. The summed E-state index contributed by atoms with van der Waals surface area (Å²) in [4.78, 5) is 18.5. The molecule has 0 aliphatic carbocycles. The molecule has 0 saturated heterocycles. The molecule has 0 spiro atoms. The normalized spacial score (nSPS) is 11.1. The van der Waals surface area contributed by atoms with E-state index in [1.165, 1.54) is 32.7 Å². The lowest BCUT2D eigenvalue weighted by Gasteiger charge is -2.14. The zero-order chi connectivity index (χ0) is 13.4. The Hall–Kier alpha value is -1.99. The molecule has 1 rings (SSSR count). The van der Waals surface area contributed by atoms with E-state index in [-0.39, 0.29) is 0 Å². The first kappa shape index (κ1) is 14.1. The number of rotatable bonds is 7. The molecular weight excluding hydrogens is 238 g/mol. The highest BCUT2D eigenvalue weighted by Gasteiger charge is 2.07. The van der Waals surface area contributed by atoms with Gasteiger partial charge in [-0.3, -0.25) is 4.98 Å². The van der Waals surface area contributed by atoms with Crippen LogP contribution in [0, 0.1) is 0 Å². The van der Waals surface area contributed by atoms with Crippen molar-refractivity contribution in [1.29, 1.82) is 0 Å². The van der Waals surface area contributed by atoms with Crippen molar-refractivity contribution in [3.63, 3.8) is 0 Å². The van der Waals surface area contributed by atoms with Gasteiger partial charge in [-0.25, -0.2) is 9.78 Å². The number of anilines is 1. The van der Waals surface area contributed by atoms with Crippen molar-refractivity contribution >= 4 is 17.9 Å². The smallest absolute Gasteiger partial charge is 0.328 e. The SMILES string of the molecule is COC(CNc1nccnc1/C=C/C(=O)O)OC. The molecule has 2 N–H and O–H groups in total. The largest absolute Gasteiger partial charge is 0.478 e. The summed E-state index contributed by atoms with van der Waals surface area (Å²) >= 11 is 0. The first-order valence-corrected chi connectivity index (χ1v) is 5.19. The fourth-order valence-electron chi connectivity index (χ4n) is 1.20. The molecule has 0 aliphatic rings. The van der Waals surface area contributed by atoms with Crippen molar-refractivity contribution in [3.05, 3.63) is 24.2 Å². The van der Waals surface area contributed by atoms with Gasteiger partial charge in [0.2, 0.25) is 0 Å². The number of hydrogen-bond acceptors (Lipinski definition) is 6. The van der Waals surface area contributed by atoms with E-state index in [1.807, 2.05) is 0 Å². The van der Waals surface area contributed by atoms with Gasteiger partial charge in [-0.15, -0.1) is 0 Å². The van der Waals surface area contributed by atoms with E-state index in [4.69, 9.17) is 14.6 Å². The minimum Gasteiger partial charge on any atom is -0.478 e. The highest BCUT2D eigenvalue weighted by Crippen LogP contribution is 2.10. The maximum atomic E-state index is 10.4. The molecule has 0 aliphatic heterocycles. The van der Waals surface area contributed by atoms with Crippen LogP contribution < -0.4 is 5.32 Å². The van der Waals surface area contributed by atoms with E-state index in [1.54, 1.807) is 0 Å². The number of nitrogens with one attached hydrogen (secondary N) is 1. The third kappa shape index (κ3) is 4.48. The molecule has 0 radical (unpaired) electrons. The summed E-state index contributed by atoms with van der Waals surface area (Å²) in [6.45, 7) is 0.375. The summed E-state index contributed by atoms with van der Waals surface area (Å²) in [5.74, 6) is -0.577. The van der Waals surface area contributed by atoms with Gasteiger partial charge < -0.3 is 19.9 Å². The lowest BCUT2D eigenvalue weighted by molar-refractivity contribution is -0.131. The Labute approximate surface area is 104 Å². The average molecular weight is 253 g/mol. The molecule has 0 bridgehead atoms. The zero-order valence-corrected chi connectivity index (χ0v) is 10.2. The van der Waals surface area contributed by atoms with Crippen LogP contribution in [0.1, 0.15) is 5.69 Å². The van der Waals surface area contributed by atoms with Crippen LogP contribution in [0.15, 0.2) is 18.5 Å². The Morgan fingerprint density at radius 1 is 1.44 bits per heavy atom. The van der Waals surface area contributed by atoms with Crippen LogP contribution in [-0.4, -0.2) is 48.1 Å². The van der Waals surface area contributed by atoms with Crippen LogP contribution in [0.5, 0.6) is 0 Å². The summed E-state index contributed by atoms with van der Waals surface area (Å²) in [6, 6.07) is 0. The van der Waals surface area contributed by atoms with Crippen LogP contribution in [0.25, 0.3) is 6.08 Å². The second-order valence-electron chi connectivity index (χ2n) is 3.24. The highest BCUT2D eigenvalue weighted by molar-refractivity contribution is 5.85. The van der Waals surface area contributed by atoms with Crippen LogP contribution in [0.4, 0.5) is 5.82 Å². The van der Waals surface area contributed by atoms with Crippen molar-refractivity contribution < 1.29 is 19.4 Å². The zero-order valence-electron chi connectivity index (χ0n) is 10.2. The van der Waals surface area contributed by atoms with Crippen LogP contribution in [0.3, 0.4) is 0 Å². The van der Waals surface area contributed by atoms with E-state index in [9.17, 15) is 4.79 Å². The molecule has 1 aromatic heterocycles. The van der Waals surface area contributed by atoms with Crippen LogP contribution in [0.2, 0.25) is 0 Å². The molecule has 1 aromatic rings. The summed E-state index contributed by atoms with van der Waals surface area (Å²) in [7, 11) is 3.05. The number of aliphatic carboxylic acids is 1. The first-order chi connectivity index (χ1) is 8.67. The molecule has 0 fully saturated rings. The maximum absolute atomic E-state index is 10.4. The number of aromatic nitrogens is 2. The molecular formula is C11H15N3O4. The predicted molar refractivity (Wildman–Crippen MR) is 65.0 cm³/mol. The number of carboxylic acids is 1. The van der Waals surface area contributed by atoms with Crippen LogP contribution >= 0.6 is 0 Å². The Morgan fingerprint density at radius 2 is 2.11 bits per heavy atom. The van der Waals surface area contributed by atoms with Crippen molar-refractivity contribution in [3.8, 4) is 0 Å². The van der Waals surface area contributed by atoms with Gasteiger partial charge in [0.15, 0.2) is 12.1 Å². The summed E-state index contributed by atoms with van der Waals surface area (Å²) < 4.78 is 10.0. The molecule has 0 saturated carbocycles. The highest BCUT2D eigenvalue weighted by atomic mass is 16.7. The minimum absolute atomic E-state index is 0.375. The van der Waals surface area contributed by atoms with Gasteiger partial charge in [0, 0.05) is 32.7 Å². The van der Waals surface area contributed by atoms with Gasteiger partial charge in [0.05, 0.1) is 6.54 Å². The third-order valence-corrected chi connectivity index (χ3v) is 2.07. The van der Waals surface area contributed by atoms with E-state index >= 15 is 0 Å². The number of nitrogens with zero attached hydrogens (tertiary/aromatic N) is 2. The standard InChI is InChI=1S/C11H15N3O4/c1-17-10(18-2)7-14-11-8(3-4-9(15)16)12-5-6-13-11/h3-6,10H,7H2,1-2H3,(H,13,14)(H,15,16)/b4-3+. The number of carboxylic acid groups (broad SMARTS) is 1. The average Bonchev–Trinajstić information content (AvgIpc) is 2.38. The monoisotopic (exact) mass is 253 g/mol. The van der Waals surface area contributed by atoms with Crippen LogP contribution in [-0.2, 0) is 14.3 Å². The Kier molecular flexibility index (Phi) is 5.75. The molecule has 0 atom stereocenters. The van der Waals surface area contributed by atoms with E-state index in [0.29, 0.717) is 18.1 Å². The number of carbonyl (C=O) groups is 1. The summed E-state index contributed by atoms with van der Waals surface area (Å²) in [5.41, 5.74) is 0.436. The van der Waals surface area contributed by atoms with Crippen molar-refractivity contribution in [2.75, 3.05) is 26.1 Å². The van der Waals surface area contributed by atoms with Crippen molar-refractivity contribution in [1.82, 2.24) is 9.97 Å². The second-order valence-corrected chi connectivity index (χ2v) is 3.24. The molecule has 0 aromatic carbocycles. The van der Waals surface area contributed by atoms with E-state index in [0.717, 1.165) is 6.08 Å². The molecule has 7 nitrogen and oxygen atoms in total. The second kappa shape index (κ2) is 7.36. The van der Waals surface area contributed by atoms with Gasteiger partial charge in [-0.2, -0.15) is 0 Å². The fraction of sp³-hybridized carbons (Fsp3) is 0.364. The minimum atomic E-state index is -1.04. The van der Waals surface area contributed by atoms with Gasteiger partial charge in [-0.05, 0) is 6.08 Å². The molecule has 7 heteroatoms. The van der Waals surface area contributed by atoms with Gasteiger partial charge in [0.1, 0.15) is 5.69 Å². The van der Waals surface area contributed by atoms with E-state index in [2.05, 4.69) is 15.3 Å². The third-order valence-electron chi connectivity index (χ3n) is 2.07. The Bertz CT molecular complexity index is 419. The molecule has 0 amide bonds. The number of ether oxygens (including phenoxy) is 2. The maximum Gasteiger partial charge on any atom is 0.328 e. The predicted octanol–water partition coefficient (Wildman–Crippen LogP) is 0.605. The van der Waals surface area contributed by atoms with E-state index < -0.39 is 12.3 Å². The van der Waals surface area contributed by atoms with Crippen molar-refractivity contribution in [2.45, 2.75) is 6.29 Å². The summed E-state index contributed by atoms with van der Waals surface area (Å²) in [6.07, 6.45) is 4.95. The fourth-order valence-corrected chi connectivity index (χ4v) is 1.20. The molecule has 0 unspecified atom stereocenters. The Balaban J connectivity index is 2.73. The molecule has 98 valence electrons.